The Balaban J connectivity index is 1.42. The fourth-order valence-corrected chi connectivity index (χ4v) is 9.51. The summed E-state index contributed by atoms with van der Waals surface area (Å²) in [6.45, 7) is 0.119. The van der Waals surface area contributed by atoms with E-state index in [9.17, 15) is 30.0 Å². The lowest BCUT2D eigenvalue weighted by atomic mass is 10.2. The van der Waals surface area contributed by atoms with E-state index >= 15 is 0 Å². The van der Waals surface area contributed by atoms with Crippen molar-refractivity contribution in [1.29, 1.82) is 0 Å². The number of carbonyl (C=O) groups is 1. The molecule has 14 heteroatoms. The van der Waals surface area contributed by atoms with Gasteiger partial charge in [0.05, 0.1) is 14.7 Å². The molecule has 3 aromatic rings. The maximum absolute atomic E-state index is 13.6. The largest absolute Gasteiger partial charge is 0.325 e. The maximum Gasteiger partial charge on any atom is 0.244 e. The molecule has 1 N–H and O–H groups in total. The molecule has 5 rings (SSSR count). The first-order valence-corrected chi connectivity index (χ1v) is 17.4. The summed E-state index contributed by atoms with van der Waals surface area (Å²) < 4.78 is 83.1. The highest BCUT2D eigenvalue weighted by Gasteiger charge is 2.43. The highest BCUT2D eigenvalue weighted by atomic mass is 32.2. The fourth-order valence-electron chi connectivity index (χ4n) is 4.94. The van der Waals surface area contributed by atoms with Crippen LogP contribution in [-0.4, -0.2) is 82.8 Å². The number of hydrogen-bond acceptors (Lipinski definition) is 7. The zero-order valence-corrected chi connectivity index (χ0v) is 24.5. The minimum absolute atomic E-state index is 0.0198. The Bertz CT molecular complexity index is 1710. The molecule has 2 heterocycles. The first kappa shape index (κ1) is 29.4. The molecule has 0 aromatic heterocycles. The molecule has 41 heavy (non-hydrogen) atoms. The van der Waals surface area contributed by atoms with Crippen molar-refractivity contribution in [3.63, 3.8) is 0 Å². The Hall–Kier alpha value is -3.14. The third-order valence-electron chi connectivity index (χ3n) is 7.15. The lowest BCUT2D eigenvalue weighted by molar-refractivity contribution is -0.120. The van der Waals surface area contributed by atoms with Crippen LogP contribution in [0.25, 0.3) is 0 Å². The lowest BCUT2D eigenvalue weighted by Crippen LogP contribution is -2.60. The standard InChI is InChI=1S/C27H30N4O7S3/c32-27(28-22-13-15-25(16-14-22)39(33,34)29-17-7-8-18-29)26-21-30(40(35,36)23-9-3-1-4-10-23)19-20-31(26)41(37,38)24-11-5-2-6-12-24/h1-6,9-16,26H,7-8,17-21H2,(H,28,32)/t26-/m0/s1. The smallest absolute Gasteiger partial charge is 0.244 e. The molecule has 0 saturated carbocycles. The molecule has 0 unspecified atom stereocenters. The monoisotopic (exact) mass is 618 g/mol. The van der Waals surface area contributed by atoms with E-state index in [1.165, 1.54) is 52.8 Å². The van der Waals surface area contributed by atoms with Crippen LogP contribution >= 0.6 is 0 Å². The van der Waals surface area contributed by atoms with Gasteiger partial charge in [0.15, 0.2) is 0 Å². The Morgan fingerprint density at radius 3 is 1.63 bits per heavy atom. The van der Waals surface area contributed by atoms with Crippen molar-refractivity contribution in [3.8, 4) is 0 Å². The van der Waals surface area contributed by atoms with Crippen molar-refractivity contribution in [2.75, 3.05) is 38.0 Å². The van der Waals surface area contributed by atoms with Gasteiger partial charge in [0, 0.05) is 38.4 Å². The summed E-state index contributed by atoms with van der Waals surface area (Å²) >= 11 is 0. The molecule has 0 spiro atoms. The SMILES string of the molecule is O=C(Nc1ccc(S(=O)(=O)N2CCCC2)cc1)[C@@H]1CN(S(=O)(=O)c2ccccc2)CCN1S(=O)(=O)c1ccccc1. The van der Waals surface area contributed by atoms with Crippen molar-refractivity contribution in [3.05, 3.63) is 84.9 Å². The predicted molar refractivity (Wildman–Crippen MR) is 152 cm³/mol. The van der Waals surface area contributed by atoms with Crippen molar-refractivity contribution in [2.24, 2.45) is 0 Å². The van der Waals surface area contributed by atoms with Crippen LogP contribution in [0.3, 0.4) is 0 Å². The van der Waals surface area contributed by atoms with E-state index in [0.717, 1.165) is 21.5 Å². The quantitative estimate of drug-likeness (QED) is 0.408. The van der Waals surface area contributed by atoms with Crippen molar-refractivity contribution in [2.45, 2.75) is 33.6 Å². The summed E-state index contributed by atoms with van der Waals surface area (Å²) in [5.74, 6) is -0.743. The van der Waals surface area contributed by atoms with Crippen LogP contribution in [0.1, 0.15) is 12.8 Å². The van der Waals surface area contributed by atoms with E-state index in [1.54, 1.807) is 36.4 Å². The molecule has 218 valence electrons. The highest BCUT2D eigenvalue weighted by Crippen LogP contribution is 2.27. The molecule has 1 amide bonds. The van der Waals surface area contributed by atoms with Crippen LogP contribution < -0.4 is 5.32 Å². The molecule has 1 atom stereocenters. The first-order chi connectivity index (χ1) is 19.5. The average Bonchev–Trinajstić information content (AvgIpc) is 3.54. The molecule has 2 aliphatic rings. The second-order valence-corrected chi connectivity index (χ2v) is 15.5. The number of carbonyl (C=O) groups excluding carboxylic acids is 1. The summed E-state index contributed by atoms with van der Waals surface area (Å²) in [6.07, 6.45) is 1.60. The number of sulfonamides is 3. The molecule has 0 bridgehead atoms. The van der Waals surface area contributed by atoms with Crippen LogP contribution in [0, 0.1) is 0 Å². The first-order valence-electron chi connectivity index (χ1n) is 13.0. The van der Waals surface area contributed by atoms with Crippen LogP contribution in [0.5, 0.6) is 0 Å². The maximum atomic E-state index is 13.6. The van der Waals surface area contributed by atoms with Gasteiger partial charge >= 0.3 is 0 Å². The van der Waals surface area contributed by atoms with Gasteiger partial charge in [-0.05, 0) is 61.4 Å². The number of rotatable bonds is 8. The van der Waals surface area contributed by atoms with Gasteiger partial charge in [0.25, 0.3) is 0 Å². The summed E-state index contributed by atoms with van der Waals surface area (Å²) in [6, 6.07) is 19.6. The zero-order valence-electron chi connectivity index (χ0n) is 22.0. The van der Waals surface area contributed by atoms with Crippen LogP contribution in [0.2, 0.25) is 0 Å². The fraction of sp³-hybridized carbons (Fsp3) is 0.296. The molecular formula is C27H30N4O7S3. The van der Waals surface area contributed by atoms with Gasteiger partial charge in [-0.3, -0.25) is 4.79 Å². The van der Waals surface area contributed by atoms with Crippen molar-refractivity contribution >= 4 is 41.7 Å². The molecule has 2 fully saturated rings. The normalized spacial score (nSPS) is 19.7. The molecular weight excluding hydrogens is 589 g/mol. The average molecular weight is 619 g/mol. The van der Waals surface area contributed by atoms with Gasteiger partial charge in [-0.2, -0.15) is 12.9 Å². The van der Waals surface area contributed by atoms with Gasteiger partial charge in [-0.1, -0.05) is 36.4 Å². The van der Waals surface area contributed by atoms with Gasteiger partial charge in [0.2, 0.25) is 36.0 Å². The molecule has 3 aromatic carbocycles. The molecule has 0 radical (unpaired) electrons. The van der Waals surface area contributed by atoms with E-state index < -0.39 is 48.6 Å². The van der Waals surface area contributed by atoms with Crippen molar-refractivity contribution in [1.82, 2.24) is 12.9 Å². The summed E-state index contributed by atoms with van der Waals surface area (Å²) in [7, 11) is -11.8. The van der Waals surface area contributed by atoms with E-state index in [4.69, 9.17) is 0 Å². The van der Waals surface area contributed by atoms with Crippen molar-refractivity contribution < 1.29 is 30.0 Å². The molecule has 0 aliphatic carbocycles. The second kappa shape index (κ2) is 11.6. The number of hydrogen-bond donors (Lipinski definition) is 1. The zero-order chi connectivity index (χ0) is 29.3. The van der Waals surface area contributed by atoms with Gasteiger partial charge < -0.3 is 5.32 Å². The lowest BCUT2D eigenvalue weighted by Gasteiger charge is -2.38. The molecule has 11 nitrogen and oxygen atoms in total. The second-order valence-electron chi connectivity index (χ2n) is 9.75. The topological polar surface area (TPSA) is 141 Å². The Labute approximate surface area is 240 Å². The van der Waals surface area contributed by atoms with E-state index in [0.29, 0.717) is 13.1 Å². The van der Waals surface area contributed by atoms with E-state index in [2.05, 4.69) is 5.32 Å². The van der Waals surface area contributed by atoms with E-state index in [1.807, 2.05) is 0 Å². The van der Waals surface area contributed by atoms with E-state index in [-0.39, 0.29) is 33.5 Å². The third kappa shape index (κ3) is 5.94. The van der Waals surface area contributed by atoms with Crippen LogP contribution in [0.4, 0.5) is 5.69 Å². The summed E-state index contributed by atoms with van der Waals surface area (Å²) in [5.41, 5.74) is 0.246. The van der Waals surface area contributed by atoms with Gasteiger partial charge in [0.1, 0.15) is 6.04 Å². The highest BCUT2D eigenvalue weighted by molar-refractivity contribution is 7.90. The number of amides is 1. The van der Waals surface area contributed by atoms with Crippen LogP contribution in [0.15, 0.2) is 99.6 Å². The molecule has 2 aliphatic heterocycles. The number of nitrogens with zero attached hydrogens (tertiary/aromatic N) is 3. The van der Waals surface area contributed by atoms with Crippen LogP contribution in [-0.2, 0) is 34.9 Å². The number of piperazine rings is 1. The third-order valence-corrected chi connectivity index (χ3v) is 12.9. The minimum Gasteiger partial charge on any atom is -0.325 e. The minimum atomic E-state index is -4.15. The summed E-state index contributed by atoms with van der Waals surface area (Å²) in [5, 5.41) is 2.65. The number of nitrogens with one attached hydrogen (secondary N) is 1. The predicted octanol–water partition coefficient (Wildman–Crippen LogP) is 2.17. The Kier molecular flexibility index (Phi) is 8.32. The van der Waals surface area contributed by atoms with Gasteiger partial charge in [-0.25, -0.2) is 25.3 Å². The Morgan fingerprint density at radius 2 is 1.07 bits per heavy atom. The summed E-state index contributed by atoms with van der Waals surface area (Å²) in [4.78, 5) is 13.7. The molecule has 2 saturated heterocycles. The Morgan fingerprint density at radius 1 is 0.585 bits per heavy atom. The number of benzene rings is 3. The van der Waals surface area contributed by atoms with Gasteiger partial charge in [-0.15, -0.1) is 0 Å². The number of anilines is 1.